The zero-order valence-electron chi connectivity index (χ0n) is 15.6. The minimum Gasteiger partial charge on any atom is -0.497 e. The van der Waals surface area contributed by atoms with Gasteiger partial charge >= 0.3 is 6.03 Å². The van der Waals surface area contributed by atoms with Crippen LogP contribution in [0.4, 0.5) is 10.5 Å². The first-order valence-electron chi connectivity index (χ1n) is 8.37. The summed E-state index contributed by atoms with van der Waals surface area (Å²) in [5.74, 6) is 0.598. The molecule has 0 radical (unpaired) electrons. The van der Waals surface area contributed by atoms with Crippen LogP contribution in [0, 0.1) is 0 Å². The fourth-order valence-electron chi connectivity index (χ4n) is 2.26. The number of anilines is 1. The molecule has 0 aliphatic rings. The molecule has 26 heavy (non-hydrogen) atoms. The van der Waals surface area contributed by atoms with Crippen LogP contribution in [0.2, 0.25) is 0 Å². The van der Waals surface area contributed by atoms with E-state index in [1.54, 1.807) is 31.4 Å². The Bertz CT molecular complexity index is 765. The van der Waals surface area contributed by atoms with Gasteiger partial charge in [0.2, 0.25) is 0 Å². The molecule has 0 fully saturated rings. The van der Waals surface area contributed by atoms with Gasteiger partial charge < -0.3 is 20.7 Å². The third kappa shape index (κ3) is 6.12. The van der Waals surface area contributed by atoms with Crippen molar-refractivity contribution in [3.63, 3.8) is 0 Å². The van der Waals surface area contributed by atoms with E-state index in [1.807, 2.05) is 45.0 Å². The average molecular weight is 355 g/mol. The third-order valence-corrected chi connectivity index (χ3v) is 3.48. The van der Waals surface area contributed by atoms with Crippen molar-refractivity contribution in [3.8, 4) is 5.75 Å². The third-order valence-electron chi connectivity index (χ3n) is 3.48. The predicted octanol–water partition coefficient (Wildman–Crippen LogP) is 3.55. The number of hydrogen-bond acceptors (Lipinski definition) is 3. The lowest BCUT2D eigenvalue weighted by Crippen LogP contribution is -2.40. The van der Waals surface area contributed by atoms with Crippen LogP contribution >= 0.6 is 0 Å². The zero-order valence-corrected chi connectivity index (χ0v) is 15.6. The van der Waals surface area contributed by atoms with E-state index in [0.717, 1.165) is 11.3 Å². The van der Waals surface area contributed by atoms with Crippen LogP contribution in [-0.4, -0.2) is 24.6 Å². The number of carbonyl (C=O) groups excluding carboxylic acids is 2. The second-order valence-corrected chi connectivity index (χ2v) is 6.94. The summed E-state index contributed by atoms with van der Waals surface area (Å²) < 4.78 is 5.16. The molecule has 0 aliphatic carbocycles. The average Bonchev–Trinajstić information content (AvgIpc) is 2.59. The van der Waals surface area contributed by atoms with E-state index in [-0.39, 0.29) is 17.5 Å². The molecule has 2 rings (SSSR count). The highest BCUT2D eigenvalue weighted by atomic mass is 16.5. The van der Waals surface area contributed by atoms with Gasteiger partial charge in [0.15, 0.2) is 0 Å². The van der Waals surface area contributed by atoms with Crippen molar-refractivity contribution in [1.82, 2.24) is 10.6 Å². The SMILES string of the molecule is COc1cccc(CNC(=O)Nc2ccc(C(=O)NC(C)(C)C)cc2)c1. The first kappa shape index (κ1) is 19.3. The highest BCUT2D eigenvalue weighted by molar-refractivity contribution is 5.95. The first-order chi connectivity index (χ1) is 12.3. The van der Waals surface area contributed by atoms with Crippen molar-refractivity contribution in [2.45, 2.75) is 32.9 Å². The van der Waals surface area contributed by atoms with Gasteiger partial charge in [-0.15, -0.1) is 0 Å². The summed E-state index contributed by atoms with van der Waals surface area (Å²) in [6.45, 7) is 6.16. The Labute approximate surface area is 153 Å². The smallest absolute Gasteiger partial charge is 0.319 e. The number of benzene rings is 2. The first-order valence-corrected chi connectivity index (χ1v) is 8.37. The number of rotatable bonds is 5. The molecule has 2 aromatic rings. The second kappa shape index (κ2) is 8.38. The molecule has 3 amide bonds. The van der Waals surface area contributed by atoms with Crippen LogP contribution in [0.1, 0.15) is 36.7 Å². The topological polar surface area (TPSA) is 79.5 Å². The lowest BCUT2D eigenvalue weighted by molar-refractivity contribution is 0.0919. The van der Waals surface area contributed by atoms with Gasteiger partial charge in [0.1, 0.15) is 5.75 Å². The summed E-state index contributed by atoms with van der Waals surface area (Å²) >= 11 is 0. The lowest BCUT2D eigenvalue weighted by atomic mass is 10.1. The molecule has 0 saturated heterocycles. The molecule has 0 aromatic heterocycles. The van der Waals surface area contributed by atoms with Crippen molar-refractivity contribution in [2.24, 2.45) is 0 Å². The molecular weight excluding hydrogens is 330 g/mol. The molecule has 6 nitrogen and oxygen atoms in total. The Morgan fingerprint density at radius 3 is 2.35 bits per heavy atom. The van der Waals surface area contributed by atoms with Gasteiger partial charge in [0.05, 0.1) is 7.11 Å². The van der Waals surface area contributed by atoms with Crippen molar-refractivity contribution in [3.05, 3.63) is 59.7 Å². The maximum atomic E-state index is 12.1. The van der Waals surface area contributed by atoms with Crippen molar-refractivity contribution >= 4 is 17.6 Å². The van der Waals surface area contributed by atoms with E-state index >= 15 is 0 Å². The molecule has 0 spiro atoms. The number of hydrogen-bond donors (Lipinski definition) is 3. The molecule has 6 heteroatoms. The standard InChI is InChI=1S/C20H25N3O3/c1-20(2,3)23-18(24)15-8-10-16(11-9-15)22-19(25)21-13-14-6-5-7-17(12-14)26-4/h5-12H,13H2,1-4H3,(H,23,24)(H2,21,22,25). The zero-order chi connectivity index (χ0) is 19.2. The van der Waals surface area contributed by atoms with Crippen LogP contribution in [0.3, 0.4) is 0 Å². The van der Waals surface area contributed by atoms with E-state index in [0.29, 0.717) is 17.8 Å². The summed E-state index contributed by atoms with van der Waals surface area (Å²) in [4.78, 5) is 24.1. The molecule has 0 heterocycles. The minimum atomic E-state index is -0.320. The summed E-state index contributed by atoms with van der Waals surface area (Å²) in [6, 6.07) is 13.9. The van der Waals surface area contributed by atoms with Gasteiger partial charge in [-0.3, -0.25) is 4.79 Å². The fourth-order valence-corrected chi connectivity index (χ4v) is 2.26. The molecule has 3 N–H and O–H groups in total. The monoisotopic (exact) mass is 355 g/mol. The molecule has 138 valence electrons. The van der Waals surface area contributed by atoms with E-state index in [2.05, 4.69) is 16.0 Å². The Morgan fingerprint density at radius 1 is 1.04 bits per heavy atom. The summed E-state index contributed by atoms with van der Waals surface area (Å²) in [5, 5.41) is 8.42. The summed E-state index contributed by atoms with van der Waals surface area (Å²) in [5.41, 5.74) is 1.80. The minimum absolute atomic E-state index is 0.147. The quantitative estimate of drug-likeness (QED) is 0.767. The molecule has 0 unspecified atom stereocenters. The Balaban J connectivity index is 1.88. The number of ether oxygens (including phenoxy) is 1. The molecular formula is C20H25N3O3. The van der Waals surface area contributed by atoms with Crippen LogP contribution in [0.5, 0.6) is 5.75 Å². The van der Waals surface area contributed by atoms with Crippen LogP contribution < -0.4 is 20.7 Å². The Hall–Kier alpha value is -3.02. The van der Waals surface area contributed by atoms with Gasteiger partial charge in [0, 0.05) is 23.3 Å². The molecule has 0 saturated carbocycles. The summed E-state index contributed by atoms with van der Waals surface area (Å²) in [7, 11) is 1.60. The molecule has 0 bridgehead atoms. The number of methoxy groups -OCH3 is 1. The number of nitrogens with one attached hydrogen (secondary N) is 3. The van der Waals surface area contributed by atoms with Gasteiger partial charge in [0.25, 0.3) is 5.91 Å². The number of amides is 3. The predicted molar refractivity (Wildman–Crippen MR) is 103 cm³/mol. The normalized spacial score (nSPS) is 10.8. The Morgan fingerprint density at radius 2 is 1.73 bits per heavy atom. The number of urea groups is 1. The lowest BCUT2D eigenvalue weighted by Gasteiger charge is -2.20. The second-order valence-electron chi connectivity index (χ2n) is 6.94. The van der Waals surface area contributed by atoms with E-state index in [9.17, 15) is 9.59 Å². The van der Waals surface area contributed by atoms with E-state index < -0.39 is 0 Å². The number of carbonyl (C=O) groups is 2. The Kier molecular flexibility index (Phi) is 6.22. The van der Waals surface area contributed by atoms with Gasteiger partial charge in [-0.1, -0.05) is 12.1 Å². The van der Waals surface area contributed by atoms with Gasteiger partial charge in [-0.2, -0.15) is 0 Å². The highest BCUT2D eigenvalue weighted by Crippen LogP contribution is 2.13. The van der Waals surface area contributed by atoms with Gasteiger partial charge in [-0.25, -0.2) is 4.79 Å². The van der Waals surface area contributed by atoms with Crippen molar-refractivity contribution < 1.29 is 14.3 Å². The molecule has 0 atom stereocenters. The maximum Gasteiger partial charge on any atom is 0.319 e. The van der Waals surface area contributed by atoms with Crippen LogP contribution in [0.25, 0.3) is 0 Å². The fraction of sp³-hybridized carbons (Fsp3) is 0.300. The van der Waals surface area contributed by atoms with Crippen molar-refractivity contribution in [1.29, 1.82) is 0 Å². The summed E-state index contributed by atoms with van der Waals surface area (Å²) in [6.07, 6.45) is 0. The van der Waals surface area contributed by atoms with E-state index in [1.165, 1.54) is 0 Å². The van der Waals surface area contributed by atoms with Gasteiger partial charge in [-0.05, 0) is 62.7 Å². The molecule has 0 aliphatic heterocycles. The van der Waals surface area contributed by atoms with E-state index in [4.69, 9.17) is 4.74 Å². The largest absolute Gasteiger partial charge is 0.497 e. The molecule has 2 aromatic carbocycles. The van der Waals surface area contributed by atoms with Crippen LogP contribution in [0.15, 0.2) is 48.5 Å². The van der Waals surface area contributed by atoms with Crippen molar-refractivity contribution in [2.75, 3.05) is 12.4 Å². The maximum absolute atomic E-state index is 12.1. The highest BCUT2D eigenvalue weighted by Gasteiger charge is 2.15. The van der Waals surface area contributed by atoms with Crippen LogP contribution in [-0.2, 0) is 6.54 Å².